The molecule has 1 atom stereocenters. The largest absolute Gasteiger partial charge is 0.480 e. The fourth-order valence-corrected chi connectivity index (χ4v) is 4.15. The lowest BCUT2D eigenvalue weighted by molar-refractivity contribution is -0.135. The maximum Gasteiger partial charge on any atom is 0.323 e. The first kappa shape index (κ1) is 13.9. The highest BCUT2D eigenvalue weighted by molar-refractivity contribution is 7.91. The van der Waals surface area contributed by atoms with Crippen molar-refractivity contribution in [3.63, 3.8) is 0 Å². The van der Waals surface area contributed by atoms with Crippen LogP contribution in [0.25, 0.3) is 0 Å². The second-order valence-electron chi connectivity index (χ2n) is 4.77. The summed E-state index contributed by atoms with van der Waals surface area (Å²) in [6.07, 6.45) is 1.30. The third-order valence-electron chi connectivity index (χ3n) is 3.27. The van der Waals surface area contributed by atoms with Gasteiger partial charge in [-0.2, -0.15) is 0 Å². The van der Waals surface area contributed by atoms with Gasteiger partial charge < -0.3 is 10.0 Å². The van der Waals surface area contributed by atoms with Gasteiger partial charge in [-0.05, 0) is 25.0 Å². The van der Waals surface area contributed by atoms with Crippen LogP contribution in [0.5, 0.6) is 0 Å². The van der Waals surface area contributed by atoms with Crippen LogP contribution in [0.4, 0.5) is 5.69 Å². The Bertz CT molecular complexity index is 541. The van der Waals surface area contributed by atoms with Crippen molar-refractivity contribution in [3.8, 4) is 0 Å². The molecule has 1 aromatic carbocycles. The zero-order chi connectivity index (χ0) is 13.9. The van der Waals surface area contributed by atoms with Crippen LogP contribution in [0.3, 0.4) is 0 Å². The summed E-state index contributed by atoms with van der Waals surface area (Å²) in [6, 6.07) is 8.86. The fraction of sp³-hybridized carbons (Fsp3) is 0.462. The number of nitrogens with zero attached hydrogens (tertiary/aromatic N) is 1. The van der Waals surface area contributed by atoms with Crippen molar-refractivity contribution in [2.75, 3.05) is 23.0 Å². The molecule has 0 amide bonds. The van der Waals surface area contributed by atoms with E-state index in [0.717, 1.165) is 5.69 Å². The van der Waals surface area contributed by atoms with Gasteiger partial charge in [0.25, 0.3) is 0 Å². The van der Waals surface area contributed by atoms with E-state index in [2.05, 4.69) is 0 Å². The molecule has 1 aromatic rings. The molecule has 0 spiro atoms. The molecule has 1 unspecified atom stereocenters. The zero-order valence-corrected chi connectivity index (χ0v) is 11.3. The van der Waals surface area contributed by atoms with Crippen molar-refractivity contribution in [2.45, 2.75) is 18.9 Å². The normalized spacial score (nSPS) is 21.8. The summed E-state index contributed by atoms with van der Waals surface area (Å²) in [5.74, 6) is -0.708. The minimum absolute atomic E-state index is 0.0369. The summed E-state index contributed by atoms with van der Waals surface area (Å²) in [4.78, 5) is 12.7. The van der Waals surface area contributed by atoms with Gasteiger partial charge in [0.2, 0.25) is 0 Å². The summed E-state index contributed by atoms with van der Waals surface area (Å²) < 4.78 is 23.4. The Labute approximate surface area is 112 Å². The molecule has 0 bridgehead atoms. The highest BCUT2D eigenvalue weighted by Crippen LogP contribution is 2.23. The molecule has 104 valence electrons. The average molecular weight is 283 g/mol. The molecular formula is C13H17NO4S. The van der Waals surface area contributed by atoms with Gasteiger partial charge in [-0.25, -0.2) is 8.42 Å². The van der Waals surface area contributed by atoms with Crippen molar-refractivity contribution in [1.82, 2.24) is 0 Å². The standard InChI is InChI=1S/C13H17NO4S/c15-13(16)9-14(11-5-2-1-3-6-11)12-7-4-8-19(17,18)10-12/h1-3,5-6,12H,4,7-10H2,(H,15,16). The SMILES string of the molecule is O=C(O)CN(c1ccccc1)C1CCCS(=O)(=O)C1. The Morgan fingerprint density at radius 2 is 2.00 bits per heavy atom. The van der Waals surface area contributed by atoms with Crippen LogP contribution in [-0.4, -0.2) is 43.6 Å². The molecule has 1 aliphatic heterocycles. The van der Waals surface area contributed by atoms with Crippen LogP contribution in [0, 0.1) is 0 Å². The predicted octanol–water partition coefficient (Wildman–Crippen LogP) is 1.15. The summed E-state index contributed by atoms with van der Waals surface area (Å²) in [6.45, 7) is -0.176. The third kappa shape index (κ3) is 3.70. The van der Waals surface area contributed by atoms with E-state index in [1.807, 2.05) is 30.3 Å². The zero-order valence-electron chi connectivity index (χ0n) is 10.5. The van der Waals surface area contributed by atoms with Gasteiger partial charge in [0.15, 0.2) is 9.84 Å². The number of aliphatic carboxylic acids is 1. The maximum atomic E-state index is 11.7. The minimum atomic E-state index is -3.06. The second-order valence-corrected chi connectivity index (χ2v) is 7.00. The molecule has 0 aliphatic carbocycles. The van der Waals surface area contributed by atoms with Crippen LogP contribution in [0.2, 0.25) is 0 Å². The molecule has 0 aromatic heterocycles. The van der Waals surface area contributed by atoms with Gasteiger partial charge in [0, 0.05) is 11.7 Å². The summed E-state index contributed by atoms with van der Waals surface area (Å²) >= 11 is 0. The van der Waals surface area contributed by atoms with Crippen LogP contribution in [-0.2, 0) is 14.6 Å². The Balaban J connectivity index is 2.25. The van der Waals surface area contributed by atoms with E-state index in [4.69, 9.17) is 5.11 Å². The third-order valence-corrected chi connectivity index (χ3v) is 5.08. The fourth-order valence-electron chi connectivity index (χ4n) is 2.44. The molecule has 5 nitrogen and oxygen atoms in total. The van der Waals surface area contributed by atoms with Crippen LogP contribution < -0.4 is 4.90 Å². The first-order valence-corrected chi connectivity index (χ1v) is 8.04. The monoisotopic (exact) mass is 283 g/mol. The van der Waals surface area contributed by atoms with Crippen molar-refractivity contribution < 1.29 is 18.3 Å². The Morgan fingerprint density at radius 3 is 2.58 bits per heavy atom. The molecule has 6 heteroatoms. The number of carboxylic acids is 1. The summed E-state index contributed by atoms with van der Waals surface area (Å²) in [5.41, 5.74) is 0.756. The first-order valence-electron chi connectivity index (χ1n) is 6.22. The molecule has 0 saturated carbocycles. The smallest absolute Gasteiger partial charge is 0.323 e. The Hall–Kier alpha value is -1.56. The van der Waals surface area contributed by atoms with Crippen molar-refractivity contribution in [1.29, 1.82) is 0 Å². The van der Waals surface area contributed by atoms with Gasteiger partial charge in [0.1, 0.15) is 6.54 Å². The van der Waals surface area contributed by atoms with E-state index < -0.39 is 15.8 Å². The van der Waals surface area contributed by atoms with Crippen molar-refractivity contribution in [2.24, 2.45) is 0 Å². The van der Waals surface area contributed by atoms with E-state index >= 15 is 0 Å². The lowest BCUT2D eigenvalue weighted by atomic mass is 10.1. The molecule has 0 radical (unpaired) electrons. The van der Waals surface area contributed by atoms with Gasteiger partial charge in [0.05, 0.1) is 11.5 Å². The molecule has 1 saturated heterocycles. The van der Waals surface area contributed by atoms with Gasteiger partial charge in [-0.1, -0.05) is 18.2 Å². The molecular weight excluding hydrogens is 266 g/mol. The second kappa shape index (κ2) is 5.61. The minimum Gasteiger partial charge on any atom is -0.480 e. The molecule has 1 aliphatic rings. The van der Waals surface area contributed by atoms with E-state index in [0.29, 0.717) is 12.8 Å². The van der Waals surface area contributed by atoms with E-state index in [1.165, 1.54) is 0 Å². The van der Waals surface area contributed by atoms with Gasteiger partial charge in [-0.15, -0.1) is 0 Å². The van der Waals surface area contributed by atoms with E-state index in [1.54, 1.807) is 4.90 Å². The number of sulfone groups is 1. The average Bonchev–Trinajstić information content (AvgIpc) is 2.35. The molecule has 1 N–H and O–H groups in total. The van der Waals surface area contributed by atoms with E-state index in [-0.39, 0.29) is 24.1 Å². The molecule has 1 heterocycles. The van der Waals surface area contributed by atoms with Gasteiger partial charge >= 0.3 is 5.97 Å². The molecule has 19 heavy (non-hydrogen) atoms. The lowest BCUT2D eigenvalue weighted by Gasteiger charge is -2.34. The number of carboxylic acid groups (broad SMARTS) is 1. The number of benzene rings is 1. The topological polar surface area (TPSA) is 74.7 Å². The Kier molecular flexibility index (Phi) is 4.09. The highest BCUT2D eigenvalue weighted by Gasteiger charge is 2.30. The Morgan fingerprint density at radius 1 is 1.32 bits per heavy atom. The number of rotatable bonds is 4. The summed E-state index contributed by atoms with van der Waals surface area (Å²) in [7, 11) is -3.06. The van der Waals surface area contributed by atoms with Crippen molar-refractivity contribution in [3.05, 3.63) is 30.3 Å². The van der Waals surface area contributed by atoms with Crippen LogP contribution in [0.1, 0.15) is 12.8 Å². The maximum absolute atomic E-state index is 11.7. The molecule has 2 rings (SSSR count). The lowest BCUT2D eigenvalue weighted by Crippen LogP contribution is -2.46. The van der Waals surface area contributed by atoms with Crippen LogP contribution >= 0.6 is 0 Å². The quantitative estimate of drug-likeness (QED) is 0.897. The highest BCUT2D eigenvalue weighted by atomic mass is 32.2. The number of carbonyl (C=O) groups is 1. The predicted molar refractivity (Wildman–Crippen MR) is 73.1 cm³/mol. The van der Waals surface area contributed by atoms with Crippen molar-refractivity contribution >= 4 is 21.5 Å². The number of hydrogen-bond donors (Lipinski definition) is 1. The van der Waals surface area contributed by atoms with Gasteiger partial charge in [-0.3, -0.25) is 4.79 Å². The first-order chi connectivity index (χ1) is 8.98. The number of hydrogen-bond acceptors (Lipinski definition) is 4. The summed E-state index contributed by atoms with van der Waals surface area (Å²) in [5, 5.41) is 9.01. The van der Waals surface area contributed by atoms with E-state index in [9.17, 15) is 13.2 Å². The number of anilines is 1. The molecule has 1 fully saturated rings. The van der Waals surface area contributed by atoms with Crippen LogP contribution in [0.15, 0.2) is 30.3 Å². The number of para-hydroxylation sites is 1.